The third-order valence-corrected chi connectivity index (χ3v) is 26.3. The number of aliphatic carboxylic acids is 1. The number of rotatable bonds is 47. The SMILES string of the molecule is CC(C)[C@H](NC(=O)[C@H](Cc1c[nH]c2ccccc12)NC(=O)[C@H](CS)N1SCC(=O)N[C@@H](Cc2ccc(O)cc2)C(=O)N2CCC[C@H]2C(=O)N[C@@H](Cc2ccc(O)cc2)C(=O)N[C@@H](CO)C1=O)C(=O)N[C@@H](CCCNC(=N)N)C(=O)N[C@@H](CC1CNCN1)C(=O)N[C@@H](CO)C(=O)N[C@@H](CC(=O)O)C(=O)N1CCC[C@H]1C(=O)N[C@@H](CC1CNCN1)C(=O)N[C@@H](CCCCN)C(=O)N[C@@H](Cc1ccccc1)C(N)=O. The third-order valence-electron chi connectivity index (χ3n) is 24.9. The average molecular weight is 2000 g/mol. The number of likely N-dealkylation sites (tertiary alicyclic amines) is 1. The van der Waals surface area contributed by atoms with E-state index in [1.165, 1.54) is 53.4 Å². The van der Waals surface area contributed by atoms with Crippen molar-refractivity contribution in [1.29, 1.82) is 5.41 Å². The number of amides is 16. The van der Waals surface area contributed by atoms with Crippen LogP contribution >= 0.6 is 24.6 Å². The third kappa shape index (κ3) is 32.1. The molecule has 0 saturated carbocycles. The van der Waals surface area contributed by atoms with E-state index in [-0.39, 0.29) is 128 Å². The summed E-state index contributed by atoms with van der Waals surface area (Å²) in [7, 11) is 0. The number of phenols is 2. The van der Waals surface area contributed by atoms with E-state index >= 15 is 24.0 Å². The number of fused-ring (bicyclic) bond motifs is 2. The molecule has 5 saturated heterocycles. The summed E-state index contributed by atoms with van der Waals surface area (Å²) in [5, 5.41) is 108. The zero-order valence-corrected chi connectivity index (χ0v) is 79.9. The number of aliphatic hydroxyl groups is 2. The molecule has 10 rings (SSSR count). The molecule has 17 atom stereocenters. The fraction of sp³-hybridized carbons (Fsp3) is 0.522. The Hall–Kier alpha value is -13.3. The fourth-order valence-corrected chi connectivity index (χ4v) is 18.7. The minimum absolute atomic E-state index is 0.0172. The van der Waals surface area contributed by atoms with Crippen molar-refractivity contribution < 1.29 is 107 Å². The van der Waals surface area contributed by atoms with Gasteiger partial charge in [0.25, 0.3) is 5.91 Å². The minimum Gasteiger partial charge on any atom is -0.508 e. The van der Waals surface area contributed by atoms with E-state index in [9.17, 15) is 83.1 Å². The molecule has 4 aromatic carbocycles. The molecule has 47 nitrogen and oxygen atoms in total. The van der Waals surface area contributed by atoms with Crippen LogP contribution in [0, 0.1) is 11.3 Å². The van der Waals surface area contributed by atoms with Gasteiger partial charge >= 0.3 is 5.97 Å². The lowest BCUT2D eigenvalue weighted by Crippen LogP contribution is -2.62. The standard InChI is InChI=1S/C92H129N25O22S2/c1-49(2)76(114-83(131)64(36-53-40-100-59-16-7-6-15-58(53)59)109-87(135)73(45-140)117-91(139)70(44-119)113-80(128)63(34-51-21-25-56(120)26-22-51)108-85(133)71-19-11-31-115(71)89(137)67(103-74(122)46-141-117)35-52-23-27-57(121)28-24-52)88(136)105-61(18-10-30-99-92(95)96)79(127)107-65(37-54-41-97-47-101-54)82(130)112-69(43-118)84(132)111-68(39-75(123)124)90(138)116-32-12-20-72(116)86(134)110-66(38-55-42-98-48-102-55)81(129)104-60(17-8-9-29-93)78(126)106-62(77(94)125)33-50-13-4-3-5-14-50/h3-7,13-16,21-28,40,49,54-55,60-73,76,97-98,100-102,118-121,140H,8-12,17-20,29-39,41-48,93H2,1-2H3,(H2,94,125)(H,103,122)(H,104,129)(H,105,136)(H,106,126)(H,107,127)(H,108,133)(H,109,135)(H,110,134)(H,111,132)(H,112,130)(H,113,128)(H,114,131)(H,123,124)(H4,95,96,99)/t54?,55?,60-,61-,62-,63-,64-,65-,66-,67-,68-,69-,70-,71-,72-,73-,76-/m0/s1. The number of aromatic amines is 1. The number of hydrogen-bond donors (Lipinski definition) is 28. The normalized spacial score (nSPS) is 20.7. The van der Waals surface area contributed by atoms with E-state index in [2.05, 4.69) is 108 Å². The van der Waals surface area contributed by atoms with E-state index in [1.54, 1.807) is 74.6 Å². The summed E-state index contributed by atoms with van der Waals surface area (Å²) in [4.78, 5) is 253. The Bertz CT molecular complexity index is 5210. The zero-order chi connectivity index (χ0) is 102. The molecule has 766 valence electrons. The number of carbonyl (C=O) groups is 17. The van der Waals surface area contributed by atoms with E-state index in [0.717, 1.165) is 9.21 Å². The molecule has 0 spiro atoms. The molecule has 49 heteroatoms. The number of unbranched alkanes of at least 4 members (excludes halogenated alkanes) is 1. The number of guanidine groups is 1. The first-order valence-corrected chi connectivity index (χ1v) is 48.5. The number of primary amides is 1. The van der Waals surface area contributed by atoms with Gasteiger partial charge in [0.15, 0.2) is 5.96 Å². The molecular weight excluding hydrogens is 1870 g/mol. The summed E-state index contributed by atoms with van der Waals surface area (Å²) in [6.45, 7) is 1.97. The lowest BCUT2D eigenvalue weighted by atomic mass is 9.99. The second-order valence-corrected chi connectivity index (χ2v) is 36.9. The Morgan fingerprint density at radius 2 is 1.11 bits per heavy atom. The number of thiol groups is 1. The van der Waals surface area contributed by atoms with Gasteiger partial charge < -0.3 is 148 Å². The molecule has 6 heterocycles. The van der Waals surface area contributed by atoms with Crippen LogP contribution < -0.4 is 108 Å². The molecule has 0 aliphatic carbocycles. The Labute approximate surface area is 822 Å². The van der Waals surface area contributed by atoms with Gasteiger partial charge in [-0.2, -0.15) is 12.6 Å². The molecule has 30 N–H and O–H groups in total. The van der Waals surface area contributed by atoms with E-state index in [1.807, 2.05) is 0 Å². The first-order chi connectivity index (χ1) is 67.5. The van der Waals surface area contributed by atoms with Gasteiger partial charge in [-0.15, -0.1) is 0 Å². The predicted molar refractivity (Wildman–Crippen MR) is 517 cm³/mol. The van der Waals surface area contributed by atoms with Crippen LogP contribution in [0.1, 0.15) is 113 Å². The molecule has 141 heavy (non-hydrogen) atoms. The predicted octanol–water partition coefficient (Wildman–Crippen LogP) is -6.75. The van der Waals surface area contributed by atoms with Crippen molar-refractivity contribution in [2.24, 2.45) is 23.1 Å². The molecule has 2 unspecified atom stereocenters. The van der Waals surface area contributed by atoms with Crippen LogP contribution in [0.2, 0.25) is 0 Å². The molecule has 5 fully saturated rings. The zero-order valence-electron chi connectivity index (χ0n) is 78.2. The maximum Gasteiger partial charge on any atom is 0.305 e. The van der Waals surface area contributed by atoms with Gasteiger partial charge in [-0.05, 0) is 148 Å². The van der Waals surface area contributed by atoms with Crippen LogP contribution in [0.15, 0.2) is 109 Å². The first kappa shape index (κ1) is 110. The van der Waals surface area contributed by atoms with Crippen molar-refractivity contribution in [3.05, 3.63) is 132 Å². The molecule has 16 amide bonds. The number of nitrogens with zero attached hydrogens (tertiary/aromatic N) is 3. The summed E-state index contributed by atoms with van der Waals surface area (Å²) in [6, 6.07) is 2.41. The number of aromatic nitrogens is 1. The van der Waals surface area contributed by atoms with Crippen molar-refractivity contribution in [2.75, 3.05) is 77.3 Å². The largest absolute Gasteiger partial charge is 0.508 e. The summed E-state index contributed by atoms with van der Waals surface area (Å²) in [5.41, 5.74) is 19.8. The van der Waals surface area contributed by atoms with Gasteiger partial charge in [-0.3, -0.25) is 91.2 Å². The number of phenolic OH excluding ortho intramolecular Hbond substituents is 2. The Balaban J connectivity index is 0.863. The van der Waals surface area contributed by atoms with Crippen LogP contribution in [-0.4, -0.2) is 331 Å². The number of H-pyrrole nitrogens is 1. The van der Waals surface area contributed by atoms with Crippen LogP contribution in [-0.2, 0) is 107 Å². The molecule has 1 aromatic heterocycles. The first-order valence-electron chi connectivity index (χ1n) is 46.9. The smallest absolute Gasteiger partial charge is 0.305 e. The number of carboxylic acids is 1. The minimum atomic E-state index is -2.00. The number of para-hydroxylation sites is 1. The molecule has 0 radical (unpaired) electrons. The highest BCUT2D eigenvalue weighted by molar-refractivity contribution is 7.98. The molecule has 0 bridgehead atoms. The van der Waals surface area contributed by atoms with Gasteiger partial charge in [-0.1, -0.05) is 86.6 Å². The van der Waals surface area contributed by atoms with Gasteiger partial charge in [0, 0.05) is 107 Å². The number of aliphatic hydroxyl groups excluding tert-OH is 2. The van der Waals surface area contributed by atoms with Crippen molar-refractivity contribution in [3.63, 3.8) is 0 Å². The Kier molecular flexibility index (Phi) is 41.9. The number of hydrogen-bond acceptors (Lipinski definition) is 29. The molecule has 5 aromatic rings. The summed E-state index contributed by atoms with van der Waals surface area (Å²) >= 11 is 4.96. The summed E-state index contributed by atoms with van der Waals surface area (Å²) in [5.74, 6) is -20.1. The maximum absolute atomic E-state index is 15.5. The van der Waals surface area contributed by atoms with Crippen LogP contribution in [0.3, 0.4) is 0 Å². The average Bonchev–Trinajstić information content (AvgIpc) is 1.74. The van der Waals surface area contributed by atoms with Crippen LogP contribution in [0.25, 0.3) is 10.9 Å². The molecular formula is C92H129N25O22S2. The van der Waals surface area contributed by atoms with E-state index in [4.69, 9.17) is 22.6 Å². The lowest BCUT2D eigenvalue weighted by Gasteiger charge is -2.34. The number of nitrogens with one attached hydrogen (secondary N) is 19. The van der Waals surface area contributed by atoms with Crippen molar-refractivity contribution in [3.8, 4) is 11.5 Å². The Morgan fingerprint density at radius 3 is 1.70 bits per heavy atom. The topological polar surface area (TPSA) is 723 Å². The monoisotopic (exact) mass is 2000 g/mol. The molecule has 5 aliphatic rings. The number of benzene rings is 4. The number of carbonyl (C=O) groups excluding carboxylic acids is 16. The number of aromatic hydroxyl groups is 2. The fourth-order valence-electron chi connectivity index (χ4n) is 17.3. The van der Waals surface area contributed by atoms with Crippen LogP contribution in [0.5, 0.6) is 11.5 Å². The van der Waals surface area contributed by atoms with Gasteiger partial charge in [0.2, 0.25) is 88.6 Å². The quantitative estimate of drug-likeness (QED) is 0.00566. The van der Waals surface area contributed by atoms with Gasteiger partial charge in [0.1, 0.15) is 102 Å². The Morgan fingerprint density at radius 1 is 0.560 bits per heavy atom. The number of carboxylic acid groups (broad SMARTS) is 1. The van der Waals surface area contributed by atoms with E-state index in [0.29, 0.717) is 77.6 Å². The van der Waals surface area contributed by atoms with Gasteiger partial charge in [0.05, 0.1) is 25.4 Å². The summed E-state index contributed by atoms with van der Waals surface area (Å²) < 4.78 is 0.766. The van der Waals surface area contributed by atoms with Crippen molar-refractivity contribution in [2.45, 2.75) is 219 Å². The second kappa shape index (κ2) is 53.9. The van der Waals surface area contributed by atoms with E-state index < -0.39 is 246 Å². The summed E-state index contributed by atoms with van der Waals surface area (Å²) in [6.07, 6.45) is 0.608. The maximum atomic E-state index is 15.5. The van der Waals surface area contributed by atoms with Gasteiger partial charge in [-0.25, -0.2) is 0 Å². The lowest BCUT2D eigenvalue weighted by molar-refractivity contribution is -0.146. The molecule has 5 aliphatic heterocycles. The van der Waals surface area contributed by atoms with Crippen molar-refractivity contribution in [1.82, 2.24) is 109 Å². The van der Waals surface area contributed by atoms with Crippen LogP contribution in [0.4, 0.5) is 0 Å². The highest BCUT2D eigenvalue weighted by atomic mass is 32.2. The van der Waals surface area contributed by atoms with Crippen molar-refractivity contribution >= 4 is 142 Å². The second-order valence-electron chi connectivity index (χ2n) is 35.6. The highest BCUT2D eigenvalue weighted by Gasteiger charge is 2.46. The number of nitrogens with two attached hydrogens (primary N) is 3. The highest BCUT2D eigenvalue weighted by Crippen LogP contribution is 2.28.